The lowest BCUT2D eigenvalue weighted by Crippen LogP contribution is -2.58. The Balaban J connectivity index is 1.35. The van der Waals surface area contributed by atoms with Crippen molar-refractivity contribution in [3.05, 3.63) is 88.1 Å². The maximum Gasteiger partial charge on any atom is 0.264 e. The molecule has 2 aliphatic rings. The summed E-state index contributed by atoms with van der Waals surface area (Å²) in [5.41, 5.74) is 8.61. The second kappa shape index (κ2) is 14.1. The van der Waals surface area contributed by atoms with Crippen LogP contribution in [0.1, 0.15) is 59.3 Å². The van der Waals surface area contributed by atoms with Crippen LogP contribution in [0.3, 0.4) is 0 Å². The van der Waals surface area contributed by atoms with Gasteiger partial charge in [0.1, 0.15) is 11.8 Å². The van der Waals surface area contributed by atoms with Crippen molar-refractivity contribution in [1.29, 1.82) is 0 Å². The fourth-order valence-electron chi connectivity index (χ4n) is 6.15. The molecule has 0 bridgehead atoms. The molecule has 3 aromatic rings. The van der Waals surface area contributed by atoms with E-state index in [0.29, 0.717) is 17.8 Å². The molecule has 41 heavy (non-hydrogen) atoms. The van der Waals surface area contributed by atoms with Gasteiger partial charge in [-0.05, 0) is 79.7 Å². The number of carbonyl (C=O) groups excluding carboxylic acids is 2. The van der Waals surface area contributed by atoms with Crippen LogP contribution < -0.4 is 15.8 Å². The number of benzene rings is 2. The average molecular weight is 575 g/mol. The standard InChI is InChI=1S/C33H42N4O3S/c1-40-29-15-9-25(10-16-29)23-36(19-17-24-6-3-2-4-7-24)28-18-20-37(33(39)31-8-5-21-41-31)30(22-28)32(38)35-27-13-11-26(34)12-14-27/h2-10,15-16,21,26-28,30H,11-14,17-20,22-23,34H2,1H3,(H,35,38)/t26?,27?,28?,30-/m1/s1. The third-order valence-corrected chi connectivity index (χ3v) is 9.44. The van der Waals surface area contributed by atoms with E-state index in [1.165, 1.54) is 22.5 Å². The van der Waals surface area contributed by atoms with Gasteiger partial charge in [0.15, 0.2) is 0 Å². The van der Waals surface area contributed by atoms with E-state index in [0.717, 1.165) is 57.4 Å². The summed E-state index contributed by atoms with van der Waals surface area (Å²) in [6.07, 6.45) is 5.98. The lowest BCUT2D eigenvalue weighted by Gasteiger charge is -2.43. The van der Waals surface area contributed by atoms with Gasteiger partial charge in [-0.25, -0.2) is 0 Å². The second-order valence-electron chi connectivity index (χ2n) is 11.3. The molecule has 5 rings (SSSR count). The molecule has 1 aliphatic carbocycles. The van der Waals surface area contributed by atoms with Crippen LogP contribution in [0.2, 0.25) is 0 Å². The Morgan fingerprint density at radius 2 is 1.73 bits per heavy atom. The van der Waals surface area contributed by atoms with Gasteiger partial charge in [-0.2, -0.15) is 0 Å². The number of methoxy groups -OCH3 is 1. The van der Waals surface area contributed by atoms with Gasteiger partial charge in [0.25, 0.3) is 5.91 Å². The number of rotatable bonds is 10. The third kappa shape index (κ3) is 7.76. The molecule has 1 aliphatic heterocycles. The van der Waals surface area contributed by atoms with Gasteiger partial charge in [0, 0.05) is 37.8 Å². The fraction of sp³-hybridized carbons (Fsp3) is 0.455. The minimum absolute atomic E-state index is 0.0347. The number of hydrogen-bond acceptors (Lipinski definition) is 6. The number of likely N-dealkylation sites (tertiary alicyclic amines) is 1. The van der Waals surface area contributed by atoms with Crippen LogP contribution in [0.25, 0.3) is 0 Å². The summed E-state index contributed by atoms with van der Waals surface area (Å²) in [7, 11) is 1.68. The van der Waals surface area contributed by atoms with E-state index in [1.54, 1.807) is 7.11 Å². The number of nitrogens with one attached hydrogen (secondary N) is 1. The Labute approximate surface area is 247 Å². The number of thiophene rings is 1. The number of carbonyl (C=O) groups is 2. The summed E-state index contributed by atoms with van der Waals surface area (Å²) in [4.78, 5) is 32.4. The SMILES string of the molecule is COc1ccc(CN(CCc2ccccc2)C2CCN(C(=O)c3cccs3)[C@@H](C(=O)NC3CCC(N)CC3)C2)cc1. The highest BCUT2D eigenvalue weighted by Gasteiger charge is 2.39. The van der Waals surface area contributed by atoms with E-state index in [-0.39, 0.29) is 29.9 Å². The summed E-state index contributed by atoms with van der Waals surface area (Å²) < 4.78 is 5.37. The number of hydrogen-bond donors (Lipinski definition) is 2. The lowest BCUT2D eigenvalue weighted by atomic mass is 9.90. The zero-order valence-corrected chi connectivity index (χ0v) is 24.7. The van der Waals surface area contributed by atoms with Crippen LogP contribution in [0, 0.1) is 0 Å². The van der Waals surface area contributed by atoms with Gasteiger partial charge < -0.3 is 20.7 Å². The van der Waals surface area contributed by atoms with Crippen LogP contribution >= 0.6 is 11.3 Å². The molecule has 8 heteroatoms. The van der Waals surface area contributed by atoms with Gasteiger partial charge in [-0.15, -0.1) is 11.3 Å². The highest BCUT2D eigenvalue weighted by atomic mass is 32.1. The third-order valence-electron chi connectivity index (χ3n) is 8.58. The molecule has 2 atom stereocenters. The molecule has 218 valence electrons. The molecule has 7 nitrogen and oxygen atoms in total. The number of nitrogens with two attached hydrogens (primary N) is 1. The molecule has 0 radical (unpaired) electrons. The Morgan fingerprint density at radius 1 is 0.976 bits per heavy atom. The van der Waals surface area contributed by atoms with Crippen molar-refractivity contribution in [1.82, 2.24) is 15.1 Å². The molecule has 1 aromatic heterocycles. The Bertz CT molecular complexity index is 1240. The zero-order valence-electron chi connectivity index (χ0n) is 23.9. The van der Waals surface area contributed by atoms with Crippen molar-refractivity contribution in [2.45, 2.75) is 75.7 Å². The molecule has 2 aromatic carbocycles. The fourth-order valence-corrected chi connectivity index (χ4v) is 6.83. The first kappa shape index (κ1) is 29.3. The van der Waals surface area contributed by atoms with E-state index >= 15 is 0 Å². The largest absolute Gasteiger partial charge is 0.497 e. The Hall–Kier alpha value is -3.20. The van der Waals surface area contributed by atoms with Crippen molar-refractivity contribution in [3.63, 3.8) is 0 Å². The number of ether oxygens (including phenoxy) is 1. The molecule has 2 fully saturated rings. The van der Waals surface area contributed by atoms with Gasteiger partial charge in [-0.1, -0.05) is 48.5 Å². The van der Waals surface area contributed by atoms with Crippen molar-refractivity contribution in [2.75, 3.05) is 20.2 Å². The maximum atomic E-state index is 13.8. The minimum atomic E-state index is -0.506. The average Bonchev–Trinajstić information content (AvgIpc) is 3.56. The van der Waals surface area contributed by atoms with Gasteiger partial charge in [-0.3, -0.25) is 14.5 Å². The Kier molecular flexibility index (Phi) is 10.1. The molecule has 2 amide bonds. The van der Waals surface area contributed by atoms with Crippen molar-refractivity contribution in [2.24, 2.45) is 5.73 Å². The first-order valence-electron chi connectivity index (χ1n) is 14.8. The van der Waals surface area contributed by atoms with E-state index in [4.69, 9.17) is 10.5 Å². The summed E-state index contributed by atoms with van der Waals surface area (Å²) in [6.45, 7) is 2.20. The monoisotopic (exact) mass is 574 g/mol. The molecule has 1 unspecified atom stereocenters. The second-order valence-corrected chi connectivity index (χ2v) is 12.3. The minimum Gasteiger partial charge on any atom is -0.497 e. The van der Waals surface area contributed by atoms with Gasteiger partial charge >= 0.3 is 0 Å². The van der Waals surface area contributed by atoms with Gasteiger partial charge in [0.2, 0.25) is 5.91 Å². The molecule has 1 saturated heterocycles. The first-order chi connectivity index (χ1) is 20.0. The lowest BCUT2D eigenvalue weighted by molar-refractivity contribution is -0.128. The normalized spacial score (nSPS) is 22.9. The maximum absolute atomic E-state index is 13.8. The highest BCUT2D eigenvalue weighted by molar-refractivity contribution is 7.12. The van der Waals surface area contributed by atoms with Crippen molar-refractivity contribution >= 4 is 23.2 Å². The van der Waals surface area contributed by atoms with Crippen LogP contribution in [0.4, 0.5) is 0 Å². The predicted octanol–water partition coefficient (Wildman–Crippen LogP) is 4.86. The van der Waals surface area contributed by atoms with Crippen LogP contribution in [0.5, 0.6) is 5.75 Å². The Morgan fingerprint density at radius 3 is 2.41 bits per heavy atom. The van der Waals surface area contributed by atoms with Gasteiger partial charge in [0.05, 0.1) is 12.0 Å². The molecule has 3 N–H and O–H groups in total. The zero-order chi connectivity index (χ0) is 28.6. The molecular weight excluding hydrogens is 532 g/mol. The quantitative estimate of drug-likeness (QED) is 0.361. The van der Waals surface area contributed by atoms with Crippen molar-refractivity contribution < 1.29 is 14.3 Å². The first-order valence-corrected chi connectivity index (χ1v) is 15.7. The summed E-state index contributed by atoms with van der Waals surface area (Å²) in [6, 6.07) is 22.5. The summed E-state index contributed by atoms with van der Waals surface area (Å²) in [5, 5.41) is 5.22. The van der Waals surface area contributed by atoms with Crippen LogP contribution in [-0.2, 0) is 17.8 Å². The number of piperidine rings is 1. The highest BCUT2D eigenvalue weighted by Crippen LogP contribution is 2.28. The van der Waals surface area contributed by atoms with Crippen LogP contribution in [-0.4, -0.2) is 66.0 Å². The van der Waals surface area contributed by atoms with E-state index in [2.05, 4.69) is 46.6 Å². The smallest absolute Gasteiger partial charge is 0.264 e. The number of nitrogens with zero attached hydrogens (tertiary/aromatic N) is 2. The predicted molar refractivity (Wildman–Crippen MR) is 164 cm³/mol. The van der Waals surface area contributed by atoms with E-state index in [9.17, 15) is 9.59 Å². The van der Waals surface area contributed by atoms with Crippen molar-refractivity contribution in [3.8, 4) is 5.75 Å². The number of amides is 2. The topological polar surface area (TPSA) is 87.9 Å². The summed E-state index contributed by atoms with van der Waals surface area (Å²) >= 11 is 1.43. The molecular formula is C33H42N4O3S. The molecule has 1 saturated carbocycles. The van der Waals surface area contributed by atoms with E-state index < -0.39 is 6.04 Å². The summed E-state index contributed by atoms with van der Waals surface area (Å²) in [5.74, 6) is 0.758. The van der Waals surface area contributed by atoms with Crippen LogP contribution in [0.15, 0.2) is 72.1 Å². The van der Waals surface area contributed by atoms with E-state index in [1.807, 2.05) is 40.6 Å². The molecule has 2 heterocycles. The molecule has 0 spiro atoms.